The maximum Gasteiger partial charge on any atom is 0.197 e. The summed E-state index contributed by atoms with van der Waals surface area (Å²) in [6, 6.07) is 0. The van der Waals surface area contributed by atoms with Crippen molar-refractivity contribution >= 4 is 22.4 Å². The summed E-state index contributed by atoms with van der Waals surface area (Å²) in [7, 11) is 0. The van der Waals surface area contributed by atoms with E-state index in [1.165, 1.54) is 11.5 Å². The Morgan fingerprint density at radius 1 is 1.53 bits per heavy atom. The minimum Gasteiger partial charge on any atom is -0.487 e. The van der Waals surface area contributed by atoms with Gasteiger partial charge in [0, 0.05) is 13.2 Å². The van der Waals surface area contributed by atoms with Crippen molar-refractivity contribution in [1.82, 2.24) is 4.37 Å². The summed E-state index contributed by atoms with van der Waals surface area (Å²) in [4.78, 5) is 0. The number of hydrogen-bond acceptors (Lipinski definition) is 6. The highest BCUT2D eigenvalue weighted by Gasteiger charge is 2.19. The van der Waals surface area contributed by atoms with Crippen LogP contribution in [0.25, 0.3) is 0 Å². The van der Waals surface area contributed by atoms with E-state index in [2.05, 4.69) is 23.5 Å². The predicted octanol–water partition coefficient (Wildman–Crippen LogP) is 1.94. The van der Waals surface area contributed by atoms with Crippen molar-refractivity contribution in [1.29, 1.82) is 0 Å². The van der Waals surface area contributed by atoms with Gasteiger partial charge in [0.25, 0.3) is 0 Å². The van der Waals surface area contributed by atoms with E-state index in [0.29, 0.717) is 18.2 Å². The Labute approximate surface area is 106 Å². The fraction of sp³-hybridized carbons (Fsp3) is 0.727. The molecule has 98 valence electrons. The summed E-state index contributed by atoms with van der Waals surface area (Å²) in [5, 5.41) is 13.1. The molecule has 0 radical (unpaired) electrons. The summed E-state index contributed by atoms with van der Waals surface area (Å²) in [6.07, 6.45) is 0.748. The van der Waals surface area contributed by atoms with Crippen LogP contribution in [0.4, 0.5) is 10.8 Å². The topological polar surface area (TPSA) is 80.4 Å². The number of nitrogen functional groups attached to an aromatic ring is 1. The minimum absolute atomic E-state index is 0.0248. The first-order chi connectivity index (χ1) is 8.00. The number of aliphatic hydroxyl groups excluding tert-OH is 1. The molecular weight excluding hydrogens is 238 g/mol. The number of nitrogens with zero attached hydrogens (tertiary/aromatic N) is 1. The van der Waals surface area contributed by atoms with Gasteiger partial charge in [-0.1, -0.05) is 13.8 Å². The third kappa shape index (κ3) is 4.05. The van der Waals surface area contributed by atoms with Gasteiger partial charge < -0.3 is 20.9 Å². The summed E-state index contributed by atoms with van der Waals surface area (Å²) in [5.41, 5.74) is 5.74. The third-order valence-corrected chi connectivity index (χ3v) is 3.28. The largest absolute Gasteiger partial charge is 0.487 e. The molecule has 0 amide bonds. The van der Waals surface area contributed by atoms with Crippen LogP contribution in [-0.4, -0.2) is 29.2 Å². The van der Waals surface area contributed by atoms with Crippen LogP contribution in [0, 0.1) is 5.41 Å². The molecule has 0 aliphatic rings. The predicted molar refractivity (Wildman–Crippen MR) is 71.7 cm³/mol. The first kappa shape index (κ1) is 14.1. The number of aromatic nitrogens is 1. The lowest BCUT2D eigenvalue weighted by molar-refractivity contribution is 0.220. The summed E-state index contributed by atoms with van der Waals surface area (Å²) in [5.74, 6) is 1.07. The Bertz CT molecular complexity index is 352. The van der Waals surface area contributed by atoms with Crippen molar-refractivity contribution in [2.75, 3.05) is 30.8 Å². The SMILES string of the molecule is CCOc1c(N)nsc1NCC(C)(C)CCO. The van der Waals surface area contributed by atoms with E-state index in [-0.39, 0.29) is 12.0 Å². The smallest absolute Gasteiger partial charge is 0.197 e. The molecule has 1 aromatic rings. The zero-order valence-electron chi connectivity index (χ0n) is 10.6. The van der Waals surface area contributed by atoms with Crippen LogP contribution in [0.1, 0.15) is 27.2 Å². The van der Waals surface area contributed by atoms with Gasteiger partial charge in [-0.15, -0.1) is 0 Å². The number of nitrogens with one attached hydrogen (secondary N) is 1. The molecule has 0 saturated heterocycles. The van der Waals surface area contributed by atoms with Gasteiger partial charge in [-0.3, -0.25) is 0 Å². The summed E-state index contributed by atoms with van der Waals surface area (Å²) in [6.45, 7) is 7.61. The van der Waals surface area contributed by atoms with E-state index in [1.54, 1.807) is 0 Å². The van der Waals surface area contributed by atoms with Crippen molar-refractivity contribution in [3.05, 3.63) is 0 Å². The van der Waals surface area contributed by atoms with Crippen LogP contribution in [0.5, 0.6) is 5.75 Å². The van der Waals surface area contributed by atoms with E-state index in [4.69, 9.17) is 15.6 Å². The lowest BCUT2D eigenvalue weighted by atomic mass is 9.90. The zero-order chi connectivity index (χ0) is 12.9. The van der Waals surface area contributed by atoms with E-state index >= 15 is 0 Å². The monoisotopic (exact) mass is 259 g/mol. The number of hydrogen-bond donors (Lipinski definition) is 3. The van der Waals surface area contributed by atoms with E-state index < -0.39 is 0 Å². The van der Waals surface area contributed by atoms with Crippen LogP contribution >= 0.6 is 11.5 Å². The van der Waals surface area contributed by atoms with Gasteiger partial charge in [0.1, 0.15) is 0 Å². The Hall–Kier alpha value is -1.01. The number of nitrogens with two attached hydrogens (primary N) is 1. The molecule has 0 bridgehead atoms. The molecule has 0 fully saturated rings. The van der Waals surface area contributed by atoms with Crippen molar-refractivity contribution in [3.8, 4) is 5.75 Å². The molecule has 0 unspecified atom stereocenters. The lowest BCUT2D eigenvalue weighted by Crippen LogP contribution is -2.24. The molecule has 0 atom stereocenters. The molecule has 5 nitrogen and oxygen atoms in total. The number of rotatable bonds is 7. The van der Waals surface area contributed by atoms with Crippen LogP contribution in [0.15, 0.2) is 0 Å². The van der Waals surface area contributed by atoms with Crippen LogP contribution in [0.3, 0.4) is 0 Å². The second kappa shape index (κ2) is 6.07. The molecule has 0 aromatic carbocycles. The average Bonchev–Trinajstić information content (AvgIpc) is 2.59. The molecular formula is C11H21N3O2S. The highest BCUT2D eigenvalue weighted by Crippen LogP contribution is 2.36. The summed E-state index contributed by atoms with van der Waals surface area (Å²) >= 11 is 1.30. The van der Waals surface area contributed by atoms with Crippen molar-refractivity contribution < 1.29 is 9.84 Å². The molecule has 0 saturated carbocycles. The van der Waals surface area contributed by atoms with E-state index in [9.17, 15) is 0 Å². The van der Waals surface area contributed by atoms with Gasteiger partial charge in [-0.05, 0) is 30.3 Å². The minimum atomic E-state index is 0.0248. The maximum absolute atomic E-state index is 8.96. The molecule has 0 aliphatic heterocycles. The lowest BCUT2D eigenvalue weighted by Gasteiger charge is -2.24. The van der Waals surface area contributed by atoms with Crippen LogP contribution in [0.2, 0.25) is 0 Å². The molecule has 1 rings (SSSR count). The Balaban J connectivity index is 2.62. The maximum atomic E-state index is 8.96. The van der Waals surface area contributed by atoms with Gasteiger partial charge in [-0.25, -0.2) is 0 Å². The van der Waals surface area contributed by atoms with E-state index in [0.717, 1.165) is 18.0 Å². The number of anilines is 2. The van der Waals surface area contributed by atoms with Crippen molar-refractivity contribution in [2.45, 2.75) is 27.2 Å². The molecule has 4 N–H and O–H groups in total. The van der Waals surface area contributed by atoms with Gasteiger partial charge in [0.2, 0.25) is 0 Å². The fourth-order valence-corrected chi connectivity index (χ4v) is 2.06. The first-order valence-electron chi connectivity index (χ1n) is 5.73. The molecule has 1 heterocycles. The second-order valence-electron chi connectivity index (χ2n) is 4.65. The molecule has 0 aliphatic carbocycles. The highest BCUT2D eigenvalue weighted by molar-refractivity contribution is 7.11. The normalized spacial score (nSPS) is 11.5. The fourth-order valence-electron chi connectivity index (χ4n) is 1.40. The Kier molecular flexibility index (Phi) is 5.02. The van der Waals surface area contributed by atoms with Crippen LogP contribution < -0.4 is 15.8 Å². The zero-order valence-corrected chi connectivity index (χ0v) is 11.4. The third-order valence-electron chi connectivity index (χ3n) is 2.48. The van der Waals surface area contributed by atoms with Gasteiger partial charge >= 0.3 is 0 Å². The average molecular weight is 259 g/mol. The van der Waals surface area contributed by atoms with Gasteiger partial charge in [0.15, 0.2) is 16.6 Å². The van der Waals surface area contributed by atoms with Crippen molar-refractivity contribution in [2.24, 2.45) is 5.41 Å². The van der Waals surface area contributed by atoms with Gasteiger partial charge in [0.05, 0.1) is 6.61 Å². The second-order valence-corrected chi connectivity index (χ2v) is 5.42. The quantitative estimate of drug-likeness (QED) is 0.697. The highest BCUT2D eigenvalue weighted by atomic mass is 32.1. The van der Waals surface area contributed by atoms with E-state index in [1.807, 2.05) is 6.92 Å². The first-order valence-corrected chi connectivity index (χ1v) is 6.50. The number of aliphatic hydroxyl groups is 1. The standard InChI is InChI=1S/C11H21N3O2S/c1-4-16-8-9(12)14-17-10(8)13-7-11(2,3)5-6-15/h13,15H,4-7H2,1-3H3,(H2,12,14). The summed E-state index contributed by atoms with van der Waals surface area (Å²) < 4.78 is 9.51. The molecule has 1 aromatic heterocycles. The Morgan fingerprint density at radius 2 is 2.24 bits per heavy atom. The molecule has 6 heteroatoms. The molecule has 17 heavy (non-hydrogen) atoms. The number of ether oxygens (including phenoxy) is 1. The molecule has 0 spiro atoms. The van der Waals surface area contributed by atoms with Crippen molar-refractivity contribution in [3.63, 3.8) is 0 Å². The van der Waals surface area contributed by atoms with Crippen LogP contribution in [-0.2, 0) is 0 Å². The Morgan fingerprint density at radius 3 is 2.82 bits per heavy atom. The van der Waals surface area contributed by atoms with Gasteiger partial charge in [-0.2, -0.15) is 4.37 Å².